The van der Waals surface area contributed by atoms with E-state index in [2.05, 4.69) is 28.9 Å². The fraction of sp³-hybridized carbons (Fsp3) is 0.444. The van der Waals surface area contributed by atoms with Crippen molar-refractivity contribution in [1.29, 1.82) is 0 Å². The molecule has 6 heteroatoms. The van der Waals surface area contributed by atoms with Crippen molar-refractivity contribution >= 4 is 16.9 Å². The Balaban J connectivity index is 1.50. The lowest BCUT2D eigenvalue weighted by Gasteiger charge is -2.56. The molecule has 174 valence electrons. The summed E-state index contributed by atoms with van der Waals surface area (Å²) in [5, 5.41) is 10.5. The first kappa shape index (κ1) is 22.0. The van der Waals surface area contributed by atoms with E-state index >= 15 is 0 Å². The number of H-pyrrole nitrogens is 1. The molecular formula is C27H31FN2O3. The molecular weight excluding hydrogens is 419 g/mol. The minimum Gasteiger partial charge on any atom is -0.496 e. The summed E-state index contributed by atoms with van der Waals surface area (Å²) < 4.78 is 20.3. The first-order chi connectivity index (χ1) is 15.7. The Bertz CT molecular complexity index is 1190. The molecule has 1 aliphatic heterocycles. The topological polar surface area (TPSA) is 65.6 Å². The second kappa shape index (κ2) is 7.87. The van der Waals surface area contributed by atoms with Gasteiger partial charge in [0.2, 0.25) is 0 Å². The Labute approximate surface area is 193 Å². The highest BCUT2D eigenvalue weighted by Gasteiger charge is 2.55. The summed E-state index contributed by atoms with van der Waals surface area (Å²) in [5.74, 6) is -0.0511. The third kappa shape index (κ3) is 3.90. The van der Waals surface area contributed by atoms with Crippen LogP contribution in [0.2, 0.25) is 0 Å². The summed E-state index contributed by atoms with van der Waals surface area (Å²) in [6.45, 7) is 5.37. The lowest BCUT2D eigenvalue weighted by atomic mass is 9.55. The molecule has 0 unspecified atom stereocenters. The number of hydrogen-bond donors (Lipinski definition) is 2. The van der Waals surface area contributed by atoms with Crippen molar-refractivity contribution in [2.75, 3.05) is 13.7 Å². The molecule has 33 heavy (non-hydrogen) atoms. The summed E-state index contributed by atoms with van der Waals surface area (Å²) in [5.41, 5.74) is 3.73. The molecule has 5 nitrogen and oxygen atoms in total. The van der Waals surface area contributed by atoms with Gasteiger partial charge < -0.3 is 14.8 Å². The number of benzene rings is 2. The van der Waals surface area contributed by atoms with Crippen LogP contribution >= 0.6 is 0 Å². The first-order valence-electron chi connectivity index (χ1n) is 11.6. The standard InChI is InChI=1S/C27H31FN2O3/c1-17-12-23(33-3)21(20-8-10-29-24(17)20)14-30-11-9-27(15-26(2,28)16-27)13-22(30)18-4-6-19(7-5-18)25(31)32/h4-8,10,12,22,29H,9,11,13-16H2,1-3H3,(H,31,32)/t22-,26-,27+/m0/s1. The number of ether oxygens (including phenoxy) is 1. The summed E-state index contributed by atoms with van der Waals surface area (Å²) in [7, 11) is 1.71. The number of aryl methyl sites for hydroxylation is 1. The van der Waals surface area contributed by atoms with Gasteiger partial charge in [0, 0.05) is 35.2 Å². The van der Waals surface area contributed by atoms with Crippen molar-refractivity contribution in [2.24, 2.45) is 5.41 Å². The fourth-order valence-corrected chi connectivity index (χ4v) is 6.36. The van der Waals surface area contributed by atoms with E-state index in [0.717, 1.165) is 52.7 Å². The normalized spacial score (nSPS) is 27.6. The number of nitrogens with zero attached hydrogens (tertiary/aromatic N) is 1. The average molecular weight is 451 g/mol. The Morgan fingerprint density at radius 2 is 2.00 bits per heavy atom. The summed E-state index contributed by atoms with van der Waals surface area (Å²) in [6.07, 6.45) is 5.02. The zero-order chi connectivity index (χ0) is 23.4. The van der Waals surface area contributed by atoms with Gasteiger partial charge in [-0.15, -0.1) is 0 Å². The number of alkyl halides is 1. The molecule has 1 atom stereocenters. The highest BCUT2D eigenvalue weighted by atomic mass is 19.1. The zero-order valence-corrected chi connectivity index (χ0v) is 19.5. The van der Waals surface area contributed by atoms with Gasteiger partial charge in [0.05, 0.1) is 12.7 Å². The monoisotopic (exact) mass is 450 g/mol. The number of carboxylic acids is 1. The second-order valence-corrected chi connectivity index (χ2v) is 10.3. The van der Waals surface area contributed by atoms with E-state index in [9.17, 15) is 14.3 Å². The first-order valence-corrected chi connectivity index (χ1v) is 11.6. The lowest BCUT2D eigenvalue weighted by Crippen LogP contribution is -2.53. The predicted molar refractivity (Wildman–Crippen MR) is 127 cm³/mol. The fourth-order valence-electron chi connectivity index (χ4n) is 6.36. The quantitative estimate of drug-likeness (QED) is 0.498. The average Bonchev–Trinajstić information content (AvgIpc) is 3.26. The molecule has 0 bridgehead atoms. The van der Waals surface area contributed by atoms with E-state index in [1.54, 1.807) is 26.2 Å². The zero-order valence-electron chi connectivity index (χ0n) is 19.5. The van der Waals surface area contributed by atoms with E-state index in [1.807, 2.05) is 18.3 Å². The SMILES string of the molecule is COc1cc(C)c2[nH]ccc2c1CN1CC[C@]2(C[C@H]1c1ccc(C(=O)O)cc1)C[C@@](C)(F)C2. The molecule has 2 aromatic carbocycles. The third-order valence-corrected chi connectivity index (χ3v) is 7.72. The van der Waals surface area contributed by atoms with Gasteiger partial charge in [0.15, 0.2) is 0 Å². The molecule has 1 aromatic heterocycles. The Morgan fingerprint density at radius 3 is 2.64 bits per heavy atom. The van der Waals surface area contributed by atoms with Crippen LogP contribution < -0.4 is 4.74 Å². The minimum absolute atomic E-state index is 0.0247. The Hall–Kier alpha value is -2.86. The van der Waals surface area contributed by atoms with E-state index in [0.29, 0.717) is 19.4 Å². The molecule has 1 saturated heterocycles. The van der Waals surface area contributed by atoms with E-state index in [-0.39, 0.29) is 17.0 Å². The number of carbonyl (C=O) groups is 1. The van der Waals surface area contributed by atoms with Crippen molar-refractivity contribution in [3.63, 3.8) is 0 Å². The maximum atomic E-state index is 14.5. The summed E-state index contributed by atoms with van der Waals surface area (Å²) in [4.78, 5) is 17.2. The van der Waals surface area contributed by atoms with Gasteiger partial charge in [0.25, 0.3) is 0 Å². The minimum atomic E-state index is -1.07. The van der Waals surface area contributed by atoms with Crippen molar-refractivity contribution in [3.8, 4) is 5.75 Å². The predicted octanol–water partition coefficient (Wildman–Crippen LogP) is 6.03. The number of likely N-dealkylation sites (tertiary alicyclic amines) is 1. The van der Waals surface area contributed by atoms with Gasteiger partial charge in [0.1, 0.15) is 11.4 Å². The Morgan fingerprint density at radius 1 is 1.27 bits per heavy atom. The van der Waals surface area contributed by atoms with E-state index in [4.69, 9.17) is 4.74 Å². The number of nitrogens with one attached hydrogen (secondary N) is 1. The van der Waals surface area contributed by atoms with Crippen LogP contribution in [0, 0.1) is 12.3 Å². The molecule has 1 aliphatic carbocycles. The van der Waals surface area contributed by atoms with Crippen LogP contribution in [0.5, 0.6) is 5.75 Å². The number of rotatable bonds is 5. The van der Waals surface area contributed by atoms with Crippen molar-refractivity contribution in [1.82, 2.24) is 9.88 Å². The number of piperidine rings is 1. The number of carboxylic acid groups (broad SMARTS) is 1. The molecule has 2 fully saturated rings. The smallest absolute Gasteiger partial charge is 0.335 e. The number of aromatic carboxylic acids is 1. The highest BCUT2D eigenvalue weighted by Crippen LogP contribution is 2.60. The van der Waals surface area contributed by atoms with Crippen LogP contribution in [0.1, 0.15) is 65.7 Å². The largest absolute Gasteiger partial charge is 0.496 e. The van der Waals surface area contributed by atoms with Gasteiger partial charge in [-0.2, -0.15) is 0 Å². The Kier molecular flexibility index (Phi) is 5.24. The number of methoxy groups -OCH3 is 1. The van der Waals surface area contributed by atoms with Crippen LogP contribution in [0.4, 0.5) is 4.39 Å². The summed E-state index contributed by atoms with van der Waals surface area (Å²) >= 11 is 0. The number of fused-ring (bicyclic) bond motifs is 1. The van der Waals surface area contributed by atoms with Gasteiger partial charge >= 0.3 is 5.97 Å². The van der Waals surface area contributed by atoms with E-state index < -0.39 is 11.6 Å². The number of hydrogen-bond acceptors (Lipinski definition) is 3. The molecule has 0 radical (unpaired) electrons. The number of halogens is 1. The summed E-state index contributed by atoms with van der Waals surface area (Å²) in [6, 6.07) is 11.5. The number of aromatic nitrogens is 1. The van der Waals surface area contributed by atoms with Crippen LogP contribution in [0.25, 0.3) is 10.9 Å². The molecule has 3 aromatic rings. The molecule has 2 N–H and O–H groups in total. The van der Waals surface area contributed by atoms with Gasteiger partial charge in [-0.3, -0.25) is 4.90 Å². The molecule has 5 rings (SSSR count). The van der Waals surface area contributed by atoms with Crippen LogP contribution in [-0.2, 0) is 6.54 Å². The lowest BCUT2D eigenvalue weighted by molar-refractivity contribution is -0.106. The van der Waals surface area contributed by atoms with Crippen LogP contribution in [0.3, 0.4) is 0 Å². The van der Waals surface area contributed by atoms with Crippen molar-refractivity contribution < 1.29 is 19.0 Å². The van der Waals surface area contributed by atoms with Crippen LogP contribution in [-0.4, -0.2) is 40.3 Å². The van der Waals surface area contributed by atoms with Crippen molar-refractivity contribution in [3.05, 3.63) is 64.8 Å². The van der Waals surface area contributed by atoms with Crippen LogP contribution in [0.15, 0.2) is 42.6 Å². The molecule has 2 aliphatic rings. The highest BCUT2D eigenvalue weighted by molar-refractivity contribution is 5.88. The number of aromatic amines is 1. The molecule has 2 heterocycles. The van der Waals surface area contributed by atoms with E-state index in [1.165, 1.54) is 0 Å². The third-order valence-electron chi connectivity index (χ3n) is 7.72. The van der Waals surface area contributed by atoms with Gasteiger partial charge in [-0.1, -0.05) is 12.1 Å². The maximum absolute atomic E-state index is 14.5. The molecule has 0 amide bonds. The molecule has 1 saturated carbocycles. The van der Waals surface area contributed by atoms with Gasteiger partial charge in [-0.05, 0) is 86.9 Å². The maximum Gasteiger partial charge on any atom is 0.335 e. The van der Waals surface area contributed by atoms with Gasteiger partial charge in [-0.25, -0.2) is 9.18 Å². The molecule has 1 spiro atoms. The van der Waals surface area contributed by atoms with Crippen molar-refractivity contribution in [2.45, 2.75) is 57.8 Å². The second-order valence-electron chi connectivity index (χ2n) is 10.3.